The molecule has 1 saturated heterocycles. The second-order valence-electron chi connectivity index (χ2n) is 6.62. The van der Waals surface area contributed by atoms with Gasteiger partial charge in [-0.2, -0.15) is 0 Å². The van der Waals surface area contributed by atoms with E-state index in [2.05, 4.69) is 12.1 Å². The van der Waals surface area contributed by atoms with E-state index in [4.69, 9.17) is 9.47 Å². The molecule has 1 amide bonds. The van der Waals surface area contributed by atoms with Gasteiger partial charge in [-0.3, -0.25) is 4.79 Å². The number of carbonyl (C=O) groups excluding carboxylic acids is 1. The van der Waals surface area contributed by atoms with Crippen LogP contribution >= 0.6 is 11.3 Å². The van der Waals surface area contributed by atoms with Crippen LogP contribution in [0, 0.1) is 0 Å². The molecule has 1 fully saturated rings. The number of thiophene rings is 1. The van der Waals surface area contributed by atoms with Gasteiger partial charge in [-0.15, -0.1) is 11.3 Å². The number of methoxy groups -OCH3 is 1. The number of nitrogens with zero attached hydrogens (tertiary/aromatic N) is 1. The Balaban J connectivity index is 1.38. The van der Waals surface area contributed by atoms with Crippen LogP contribution < -0.4 is 4.74 Å². The smallest absolute Gasteiger partial charge is 0.263 e. The van der Waals surface area contributed by atoms with Crippen molar-refractivity contribution < 1.29 is 14.3 Å². The van der Waals surface area contributed by atoms with E-state index in [0.717, 1.165) is 43.0 Å². The molecular formula is C20H21NO3S. The number of benzene rings is 1. The molecule has 3 heterocycles. The van der Waals surface area contributed by atoms with Crippen molar-refractivity contribution in [2.45, 2.75) is 24.9 Å². The molecule has 2 aliphatic heterocycles. The normalized spacial score (nSPS) is 18.8. The van der Waals surface area contributed by atoms with Gasteiger partial charge in [-0.1, -0.05) is 18.2 Å². The predicted molar refractivity (Wildman–Crippen MR) is 98.9 cm³/mol. The lowest BCUT2D eigenvalue weighted by atomic mass is 9.85. The Morgan fingerprint density at radius 1 is 1.20 bits per heavy atom. The van der Waals surface area contributed by atoms with Gasteiger partial charge in [0.1, 0.15) is 11.4 Å². The Hall–Kier alpha value is -2.27. The maximum atomic E-state index is 12.5. The summed E-state index contributed by atoms with van der Waals surface area (Å²) in [5, 5.41) is 1.95. The average molecular weight is 355 g/mol. The van der Waals surface area contributed by atoms with Gasteiger partial charge in [-0.05, 0) is 34.7 Å². The van der Waals surface area contributed by atoms with E-state index < -0.39 is 0 Å². The number of ether oxygens (including phenoxy) is 2. The fourth-order valence-corrected chi connectivity index (χ4v) is 4.26. The molecule has 130 valence electrons. The summed E-state index contributed by atoms with van der Waals surface area (Å²) in [5.41, 5.74) is 2.25. The van der Waals surface area contributed by atoms with Crippen LogP contribution in [-0.2, 0) is 4.74 Å². The Morgan fingerprint density at radius 2 is 1.96 bits per heavy atom. The van der Waals surface area contributed by atoms with Crippen molar-refractivity contribution in [1.82, 2.24) is 4.90 Å². The molecule has 0 bridgehead atoms. The lowest BCUT2D eigenvalue weighted by Gasteiger charge is -2.38. The minimum Gasteiger partial charge on any atom is -0.497 e. The van der Waals surface area contributed by atoms with Crippen LogP contribution in [-0.4, -0.2) is 36.6 Å². The van der Waals surface area contributed by atoms with E-state index in [1.54, 1.807) is 7.11 Å². The minimum atomic E-state index is -0.151. The summed E-state index contributed by atoms with van der Waals surface area (Å²) in [6.45, 7) is 1.50. The van der Waals surface area contributed by atoms with E-state index in [1.807, 2.05) is 40.8 Å². The van der Waals surface area contributed by atoms with Gasteiger partial charge < -0.3 is 14.4 Å². The Labute approximate surface area is 151 Å². The lowest BCUT2D eigenvalue weighted by molar-refractivity contribution is -0.0111. The third-order valence-electron chi connectivity index (χ3n) is 5.12. The number of hydrogen-bond donors (Lipinski definition) is 0. The van der Waals surface area contributed by atoms with Crippen LogP contribution in [0.3, 0.4) is 0 Å². The fraction of sp³-hybridized carbons (Fsp3) is 0.350. The zero-order valence-electron chi connectivity index (χ0n) is 14.2. The van der Waals surface area contributed by atoms with E-state index in [-0.39, 0.29) is 11.5 Å². The molecule has 1 spiro atoms. The molecule has 25 heavy (non-hydrogen) atoms. The zero-order valence-corrected chi connectivity index (χ0v) is 15.1. The zero-order chi connectivity index (χ0) is 17.3. The molecule has 0 radical (unpaired) electrons. The van der Waals surface area contributed by atoms with Crippen molar-refractivity contribution in [1.29, 1.82) is 0 Å². The maximum absolute atomic E-state index is 12.5. The van der Waals surface area contributed by atoms with Crippen LogP contribution in [0.15, 0.2) is 48.0 Å². The number of carbonyl (C=O) groups is 1. The molecule has 2 aromatic rings. The first-order chi connectivity index (χ1) is 12.2. The van der Waals surface area contributed by atoms with Gasteiger partial charge in [0.15, 0.2) is 0 Å². The molecule has 4 rings (SSSR count). The highest BCUT2D eigenvalue weighted by Crippen LogP contribution is 2.42. The predicted octanol–water partition coefficient (Wildman–Crippen LogP) is 4.19. The van der Waals surface area contributed by atoms with Crippen LogP contribution in [0.2, 0.25) is 0 Å². The summed E-state index contributed by atoms with van der Waals surface area (Å²) in [6, 6.07) is 11.9. The SMILES string of the molecule is COc1ccc(C2=COC3(CCN(C(=O)c4cccs4)CC3)C2)cc1. The molecule has 0 atom stereocenters. The van der Waals surface area contributed by atoms with Crippen LogP contribution in [0.5, 0.6) is 5.75 Å². The van der Waals surface area contributed by atoms with Crippen molar-refractivity contribution in [3.05, 3.63) is 58.5 Å². The molecule has 0 aliphatic carbocycles. The average Bonchev–Trinajstić information content (AvgIpc) is 3.33. The lowest BCUT2D eigenvalue weighted by Crippen LogP contribution is -2.46. The first-order valence-electron chi connectivity index (χ1n) is 8.53. The summed E-state index contributed by atoms with van der Waals surface area (Å²) in [6.07, 6.45) is 4.56. The fourth-order valence-electron chi connectivity index (χ4n) is 3.57. The van der Waals surface area contributed by atoms with Gasteiger partial charge in [0.05, 0.1) is 18.2 Å². The van der Waals surface area contributed by atoms with Crippen LogP contribution in [0.25, 0.3) is 5.57 Å². The van der Waals surface area contributed by atoms with E-state index in [9.17, 15) is 4.79 Å². The molecule has 1 aromatic carbocycles. The molecular weight excluding hydrogens is 334 g/mol. The highest BCUT2D eigenvalue weighted by molar-refractivity contribution is 7.12. The molecule has 0 saturated carbocycles. The van der Waals surface area contributed by atoms with Crippen molar-refractivity contribution in [3.63, 3.8) is 0 Å². The quantitative estimate of drug-likeness (QED) is 0.828. The van der Waals surface area contributed by atoms with Gasteiger partial charge in [0.2, 0.25) is 0 Å². The van der Waals surface area contributed by atoms with Crippen molar-refractivity contribution in [2.75, 3.05) is 20.2 Å². The maximum Gasteiger partial charge on any atom is 0.263 e. The second-order valence-corrected chi connectivity index (χ2v) is 7.57. The van der Waals surface area contributed by atoms with Gasteiger partial charge >= 0.3 is 0 Å². The minimum absolute atomic E-state index is 0.145. The molecule has 2 aliphatic rings. The molecule has 4 nitrogen and oxygen atoms in total. The molecule has 0 unspecified atom stereocenters. The number of amides is 1. The summed E-state index contributed by atoms with van der Waals surface area (Å²) >= 11 is 1.51. The molecule has 5 heteroatoms. The molecule has 1 aromatic heterocycles. The van der Waals surface area contributed by atoms with Gasteiger partial charge in [0.25, 0.3) is 5.91 Å². The monoisotopic (exact) mass is 355 g/mol. The van der Waals surface area contributed by atoms with E-state index in [1.165, 1.54) is 22.5 Å². The van der Waals surface area contributed by atoms with Crippen molar-refractivity contribution in [2.24, 2.45) is 0 Å². The van der Waals surface area contributed by atoms with Gasteiger partial charge in [-0.25, -0.2) is 0 Å². The number of piperidine rings is 1. The summed E-state index contributed by atoms with van der Waals surface area (Å²) in [4.78, 5) is 15.3. The first kappa shape index (κ1) is 16.2. The third kappa shape index (κ3) is 3.16. The highest BCUT2D eigenvalue weighted by Gasteiger charge is 2.41. The van der Waals surface area contributed by atoms with Crippen molar-refractivity contribution in [3.8, 4) is 5.75 Å². The molecule has 0 N–H and O–H groups in total. The summed E-state index contributed by atoms with van der Waals surface area (Å²) in [7, 11) is 1.67. The Kier molecular flexibility index (Phi) is 4.25. The van der Waals surface area contributed by atoms with Gasteiger partial charge in [0, 0.05) is 32.4 Å². The highest BCUT2D eigenvalue weighted by atomic mass is 32.1. The van der Waals surface area contributed by atoms with E-state index >= 15 is 0 Å². The third-order valence-corrected chi connectivity index (χ3v) is 5.98. The number of rotatable bonds is 3. The van der Waals surface area contributed by atoms with Crippen LogP contribution in [0.4, 0.5) is 0 Å². The summed E-state index contributed by atoms with van der Waals surface area (Å²) < 4.78 is 11.3. The summed E-state index contributed by atoms with van der Waals surface area (Å²) in [5.74, 6) is 1.00. The first-order valence-corrected chi connectivity index (χ1v) is 9.41. The topological polar surface area (TPSA) is 38.8 Å². The largest absolute Gasteiger partial charge is 0.497 e. The number of hydrogen-bond acceptors (Lipinski definition) is 4. The van der Waals surface area contributed by atoms with Crippen LogP contribution in [0.1, 0.15) is 34.5 Å². The second kappa shape index (κ2) is 6.56. The Morgan fingerprint density at radius 3 is 2.60 bits per heavy atom. The Bertz CT molecular complexity index is 772. The standard InChI is InChI=1S/C20H21NO3S/c1-23-17-6-4-15(5-7-17)16-13-20(24-14-16)8-10-21(11-9-20)19(22)18-3-2-12-25-18/h2-7,12,14H,8-11,13H2,1H3. The van der Waals surface area contributed by atoms with E-state index in [0.29, 0.717) is 0 Å². The number of likely N-dealkylation sites (tertiary alicyclic amines) is 1. The van der Waals surface area contributed by atoms with Crippen molar-refractivity contribution >= 4 is 22.8 Å².